The maximum atomic E-state index is 14.8. The quantitative estimate of drug-likeness (QED) is 0.203. The number of alkyl halides is 3. The lowest BCUT2D eigenvalue weighted by Gasteiger charge is -2.18. The van der Waals surface area contributed by atoms with Crippen LogP contribution >= 0.6 is 0 Å². The Kier molecular flexibility index (Phi) is 6.74. The fourth-order valence-electron chi connectivity index (χ4n) is 4.24. The molecular formula is C28H22F6. The topological polar surface area (TPSA) is 0 Å². The Hall–Kier alpha value is -3.20. The second-order valence-corrected chi connectivity index (χ2v) is 8.79. The predicted octanol–water partition coefficient (Wildman–Crippen LogP) is 8.52. The van der Waals surface area contributed by atoms with Crippen molar-refractivity contribution in [1.29, 1.82) is 0 Å². The molecule has 0 aromatic heterocycles. The van der Waals surface area contributed by atoms with Gasteiger partial charge in [0.15, 0.2) is 5.82 Å². The third kappa shape index (κ3) is 5.47. The van der Waals surface area contributed by atoms with Crippen LogP contribution in [0.15, 0.2) is 54.1 Å². The molecule has 0 N–H and O–H groups in total. The standard InChI is InChI=1S/C28H22F6/c1-17-2-4-18(5-3-17)6-7-19-8-10-20(11-9-19)21-14-22-16-24(29)23(12-13-28(32,33)34)27(31)26(22)25(30)15-21/h4,8-11,14-17H,2-3,5-7H2,1H3. The molecule has 0 nitrogen and oxygen atoms in total. The van der Waals surface area contributed by atoms with Crippen LogP contribution in [0.4, 0.5) is 26.3 Å². The van der Waals surface area contributed by atoms with Crippen LogP contribution in [-0.2, 0) is 6.42 Å². The number of rotatable bonds is 4. The van der Waals surface area contributed by atoms with E-state index in [1.165, 1.54) is 24.0 Å². The first kappa shape index (κ1) is 23.9. The highest BCUT2D eigenvalue weighted by Gasteiger charge is 2.24. The molecule has 34 heavy (non-hydrogen) atoms. The summed E-state index contributed by atoms with van der Waals surface area (Å²) in [6, 6.07) is 10.8. The Morgan fingerprint density at radius 3 is 2.29 bits per heavy atom. The third-order valence-electron chi connectivity index (χ3n) is 6.20. The summed E-state index contributed by atoms with van der Waals surface area (Å²) >= 11 is 0. The van der Waals surface area contributed by atoms with Crippen LogP contribution in [0.1, 0.15) is 43.7 Å². The molecule has 3 aromatic rings. The van der Waals surface area contributed by atoms with Gasteiger partial charge in [-0.2, -0.15) is 13.2 Å². The van der Waals surface area contributed by atoms with E-state index in [0.29, 0.717) is 11.1 Å². The van der Waals surface area contributed by atoms with E-state index < -0.39 is 34.6 Å². The van der Waals surface area contributed by atoms with Gasteiger partial charge in [-0.1, -0.05) is 48.8 Å². The summed E-state index contributed by atoms with van der Waals surface area (Å²) in [6.07, 6.45) is 2.77. The normalized spacial score (nSPS) is 16.2. The molecule has 0 spiro atoms. The lowest BCUT2D eigenvalue weighted by Crippen LogP contribution is -2.03. The van der Waals surface area contributed by atoms with E-state index in [2.05, 4.69) is 13.0 Å². The highest BCUT2D eigenvalue weighted by atomic mass is 19.4. The van der Waals surface area contributed by atoms with Crippen molar-refractivity contribution in [3.63, 3.8) is 0 Å². The molecule has 176 valence electrons. The maximum Gasteiger partial charge on any atom is 0.458 e. The fraction of sp³-hybridized carbons (Fsp3) is 0.286. The van der Waals surface area contributed by atoms with Crippen LogP contribution in [0.2, 0.25) is 0 Å². The van der Waals surface area contributed by atoms with E-state index in [-0.39, 0.29) is 5.39 Å². The number of aryl methyl sites for hydroxylation is 1. The van der Waals surface area contributed by atoms with Gasteiger partial charge in [0, 0.05) is 5.92 Å². The monoisotopic (exact) mass is 472 g/mol. The molecule has 0 aliphatic heterocycles. The number of hydrogen-bond acceptors (Lipinski definition) is 0. The number of allylic oxidation sites excluding steroid dienone is 2. The van der Waals surface area contributed by atoms with Gasteiger partial charge < -0.3 is 0 Å². The Morgan fingerprint density at radius 1 is 0.912 bits per heavy atom. The van der Waals surface area contributed by atoms with E-state index in [1.54, 1.807) is 0 Å². The SMILES string of the molecule is CC1CC=C(CCc2ccc(-c3cc(F)c4c(F)c(C#CC(F)(F)F)c(F)cc4c3)cc2)CC1. The molecular weight excluding hydrogens is 450 g/mol. The summed E-state index contributed by atoms with van der Waals surface area (Å²) in [6.45, 7) is 2.26. The smallest absolute Gasteiger partial charge is 0.206 e. The van der Waals surface area contributed by atoms with Crippen molar-refractivity contribution < 1.29 is 26.3 Å². The Labute approximate surface area is 194 Å². The molecule has 1 atom stereocenters. The molecule has 0 saturated heterocycles. The molecule has 1 aliphatic carbocycles. The molecule has 0 fully saturated rings. The van der Waals surface area contributed by atoms with Gasteiger partial charge >= 0.3 is 6.18 Å². The van der Waals surface area contributed by atoms with Gasteiger partial charge in [0.25, 0.3) is 0 Å². The molecule has 0 heterocycles. The van der Waals surface area contributed by atoms with Crippen LogP contribution in [0.25, 0.3) is 21.9 Å². The first-order valence-corrected chi connectivity index (χ1v) is 11.1. The first-order valence-electron chi connectivity index (χ1n) is 11.1. The van der Waals surface area contributed by atoms with Gasteiger partial charge in [-0.05, 0) is 78.3 Å². The van der Waals surface area contributed by atoms with Crippen molar-refractivity contribution >= 4 is 10.8 Å². The summed E-state index contributed by atoms with van der Waals surface area (Å²) in [7, 11) is 0. The van der Waals surface area contributed by atoms with Gasteiger partial charge in [0.05, 0.1) is 10.9 Å². The van der Waals surface area contributed by atoms with Gasteiger partial charge in [0.1, 0.15) is 11.6 Å². The van der Waals surface area contributed by atoms with Crippen molar-refractivity contribution in [2.45, 2.75) is 45.2 Å². The first-order chi connectivity index (χ1) is 16.1. The largest absolute Gasteiger partial charge is 0.458 e. The summed E-state index contributed by atoms with van der Waals surface area (Å²) in [4.78, 5) is 0. The van der Waals surface area contributed by atoms with Crippen molar-refractivity contribution in [3.05, 3.63) is 82.7 Å². The zero-order valence-electron chi connectivity index (χ0n) is 18.5. The van der Waals surface area contributed by atoms with Crippen LogP contribution in [0, 0.1) is 35.2 Å². The number of hydrogen-bond donors (Lipinski definition) is 0. The Balaban J connectivity index is 1.59. The van der Waals surface area contributed by atoms with E-state index in [1.807, 2.05) is 24.3 Å². The Bertz CT molecular complexity index is 1300. The lowest BCUT2D eigenvalue weighted by atomic mass is 9.88. The molecule has 1 unspecified atom stereocenters. The second kappa shape index (κ2) is 9.58. The number of benzene rings is 3. The van der Waals surface area contributed by atoms with E-state index in [4.69, 9.17) is 0 Å². The van der Waals surface area contributed by atoms with Crippen molar-refractivity contribution in [1.82, 2.24) is 0 Å². The van der Waals surface area contributed by atoms with Crippen LogP contribution in [0.5, 0.6) is 0 Å². The number of halogens is 6. The van der Waals surface area contributed by atoms with Gasteiger partial charge in [-0.3, -0.25) is 0 Å². The van der Waals surface area contributed by atoms with Crippen LogP contribution < -0.4 is 0 Å². The summed E-state index contributed by atoms with van der Waals surface area (Å²) in [5, 5.41) is -0.687. The van der Waals surface area contributed by atoms with Crippen molar-refractivity contribution in [2.24, 2.45) is 5.92 Å². The van der Waals surface area contributed by atoms with Crippen LogP contribution in [0.3, 0.4) is 0 Å². The van der Waals surface area contributed by atoms with Crippen molar-refractivity contribution in [2.75, 3.05) is 0 Å². The fourth-order valence-corrected chi connectivity index (χ4v) is 4.24. The van der Waals surface area contributed by atoms with E-state index >= 15 is 0 Å². The highest BCUT2D eigenvalue weighted by Crippen LogP contribution is 2.32. The van der Waals surface area contributed by atoms with Gasteiger partial charge in [-0.15, -0.1) is 0 Å². The minimum atomic E-state index is -4.92. The average molecular weight is 472 g/mol. The average Bonchev–Trinajstić information content (AvgIpc) is 2.77. The lowest BCUT2D eigenvalue weighted by molar-refractivity contribution is -0.0696. The molecule has 4 rings (SSSR count). The van der Waals surface area contributed by atoms with Gasteiger partial charge in [0.2, 0.25) is 0 Å². The zero-order valence-corrected chi connectivity index (χ0v) is 18.5. The summed E-state index contributed by atoms with van der Waals surface area (Å²) in [5.41, 5.74) is 2.57. The second-order valence-electron chi connectivity index (χ2n) is 8.79. The molecule has 6 heteroatoms. The van der Waals surface area contributed by atoms with E-state index in [0.717, 1.165) is 55.2 Å². The minimum absolute atomic E-state index is 0.0925. The molecule has 0 saturated carbocycles. The maximum absolute atomic E-state index is 14.8. The van der Waals surface area contributed by atoms with Gasteiger partial charge in [-0.25, -0.2) is 13.2 Å². The molecule has 0 radical (unpaired) electrons. The molecule has 1 aliphatic rings. The summed E-state index contributed by atoms with van der Waals surface area (Å²) < 4.78 is 80.7. The predicted molar refractivity (Wildman–Crippen MR) is 122 cm³/mol. The highest BCUT2D eigenvalue weighted by molar-refractivity contribution is 5.89. The van der Waals surface area contributed by atoms with Crippen LogP contribution in [-0.4, -0.2) is 6.18 Å². The van der Waals surface area contributed by atoms with E-state index in [9.17, 15) is 26.3 Å². The zero-order chi connectivity index (χ0) is 24.5. The molecule has 0 amide bonds. The minimum Gasteiger partial charge on any atom is -0.206 e. The molecule has 3 aromatic carbocycles. The number of fused-ring (bicyclic) bond motifs is 1. The third-order valence-corrected chi connectivity index (χ3v) is 6.20. The Morgan fingerprint density at radius 2 is 1.65 bits per heavy atom. The van der Waals surface area contributed by atoms with Crippen molar-refractivity contribution in [3.8, 4) is 23.0 Å². The summed E-state index contributed by atoms with van der Waals surface area (Å²) in [5.74, 6) is -0.721. The molecule has 0 bridgehead atoms.